The van der Waals surface area contributed by atoms with Crippen molar-refractivity contribution in [3.8, 4) is 5.69 Å². The second kappa shape index (κ2) is 10.2. The average Bonchev–Trinajstić information content (AvgIpc) is 3.61. The molecule has 1 aromatic carbocycles. The molecule has 3 aromatic rings. The van der Waals surface area contributed by atoms with Crippen LogP contribution >= 0.6 is 15.9 Å². The molecule has 1 aliphatic rings. The Morgan fingerprint density at radius 2 is 2.11 bits per heavy atom. The fourth-order valence-electron chi connectivity index (χ4n) is 3.69. The van der Waals surface area contributed by atoms with Crippen molar-refractivity contribution in [2.75, 3.05) is 0 Å². The highest BCUT2D eigenvalue weighted by Gasteiger charge is 2.26. The first-order valence-electron chi connectivity index (χ1n) is 11.4. The van der Waals surface area contributed by atoms with Crippen molar-refractivity contribution in [3.05, 3.63) is 86.9 Å². The van der Waals surface area contributed by atoms with E-state index in [1.54, 1.807) is 42.9 Å². The summed E-state index contributed by atoms with van der Waals surface area (Å²) in [6.45, 7) is 3.45. The van der Waals surface area contributed by atoms with E-state index in [4.69, 9.17) is 0 Å². The molecule has 1 saturated carbocycles. The van der Waals surface area contributed by atoms with Gasteiger partial charge in [-0.2, -0.15) is 5.48 Å². The normalized spacial score (nSPS) is 14.6. The van der Waals surface area contributed by atoms with Gasteiger partial charge in [0, 0.05) is 34.2 Å². The van der Waals surface area contributed by atoms with Crippen LogP contribution in [-0.2, 0) is 0 Å². The van der Waals surface area contributed by atoms with Gasteiger partial charge in [-0.3, -0.25) is 9.59 Å². The van der Waals surface area contributed by atoms with E-state index in [1.807, 2.05) is 30.4 Å². The van der Waals surface area contributed by atoms with Crippen LogP contribution in [-0.4, -0.2) is 37.4 Å². The number of hydrogen-bond acceptors (Lipinski definition) is 5. The standard InChI is InChI=1S/C26H27BrN4O4/c1-26(2,34)9-3-5-16(14-29-35)17-11-18(27)13-20(12-17)31-15-22(25(33)30-19-7-8-19)23(32)21-6-4-10-28-24(21)31/h3-6,10-15,19,29,34-35H,7-9H2,1-2H3,(H,30,33)/p+1/b5-3-,16-14+. The number of carbonyl (C=O) groups is 1. The Hall–Kier alpha value is -3.11. The van der Waals surface area contributed by atoms with E-state index in [0.717, 1.165) is 28.4 Å². The van der Waals surface area contributed by atoms with Crippen LogP contribution < -0.4 is 16.2 Å². The minimum Gasteiger partial charge on any atom is -0.390 e. The molecule has 35 heavy (non-hydrogen) atoms. The number of fused-ring (bicyclic) bond motifs is 1. The molecular formula is C26H28BrN4O4+. The summed E-state index contributed by atoms with van der Waals surface area (Å²) >= 11 is 3.56. The van der Waals surface area contributed by atoms with Gasteiger partial charge in [0.1, 0.15) is 17.4 Å². The Kier molecular flexibility index (Phi) is 7.32. The topological polar surface area (TPSA) is 121 Å². The van der Waals surface area contributed by atoms with Crippen molar-refractivity contribution in [2.24, 2.45) is 0 Å². The van der Waals surface area contributed by atoms with E-state index in [0.29, 0.717) is 28.7 Å². The summed E-state index contributed by atoms with van der Waals surface area (Å²) in [6, 6.07) is 9.11. The Bertz CT molecular complexity index is 1380. The smallest absolute Gasteiger partial charge is 0.257 e. The number of aliphatic hydroxyl groups is 1. The second-order valence-corrected chi connectivity index (χ2v) is 10.2. The third-order valence-corrected chi connectivity index (χ3v) is 6.04. The van der Waals surface area contributed by atoms with Crippen LogP contribution in [0, 0.1) is 0 Å². The number of carbonyl (C=O) groups excluding carboxylic acids is 1. The molecule has 9 heteroatoms. The minimum absolute atomic E-state index is 0.0588. The molecule has 5 N–H and O–H groups in total. The zero-order valence-electron chi connectivity index (χ0n) is 19.5. The van der Waals surface area contributed by atoms with Gasteiger partial charge in [-0.05, 0) is 69.0 Å². The molecule has 0 unspecified atom stereocenters. The molecule has 1 amide bonds. The molecule has 0 spiro atoms. The molecule has 0 bridgehead atoms. The molecule has 2 heterocycles. The van der Waals surface area contributed by atoms with Crippen molar-refractivity contribution in [1.82, 2.24) is 14.9 Å². The Morgan fingerprint density at radius 1 is 1.34 bits per heavy atom. The number of allylic oxidation sites excluding steroid dienone is 2. The zero-order chi connectivity index (χ0) is 25.2. The Labute approximate surface area is 211 Å². The molecule has 0 aliphatic heterocycles. The van der Waals surface area contributed by atoms with Crippen LogP contribution in [0.3, 0.4) is 0 Å². The van der Waals surface area contributed by atoms with Crippen molar-refractivity contribution in [3.63, 3.8) is 0 Å². The monoisotopic (exact) mass is 539 g/mol. The van der Waals surface area contributed by atoms with E-state index >= 15 is 0 Å². The van der Waals surface area contributed by atoms with E-state index in [2.05, 4.69) is 26.2 Å². The van der Waals surface area contributed by atoms with Gasteiger partial charge in [0.25, 0.3) is 5.91 Å². The average molecular weight is 540 g/mol. The maximum absolute atomic E-state index is 13.1. The summed E-state index contributed by atoms with van der Waals surface area (Å²) in [7, 11) is 0. The first-order chi connectivity index (χ1) is 16.7. The zero-order valence-corrected chi connectivity index (χ0v) is 21.1. The van der Waals surface area contributed by atoms with Gasteiger partial charge in [0.05, 0.1) is 11.0 Å². The lowest BCUT2D eigenvalue weighted by Crippen LogP contribution is -2.73. The quantitative estimate of drug-likeness (QED) is 0.259. The number of halogens is 1. The lowest BCUT2D eigenvalue weighted by atomic mass is 10.0. The number of benzene rings is 1. The number of nitrogens with zero attached hydrogens (tertiary/aromatic N) is 2. The summed E-state index contributed by atoms with van der Waals surface area (Å²) in [4.78, 5) is 30.4. The van der Waals surface area contributed by atoms with Gasteiger partial charge in [0.15, 0.2) is 0 Å². The van der Waals surface area contributed by atoms with E-state index in [-0.39, 0.29) is 17.0 Å². The fraction of sp³-hybridized carbons (Fsp3) is 0.269. The number of nitrogens with two attached hydrogens (primary N) is 1. The maximum atomic E-state index is 13.1. The van der Waals surface area contributed by atoms with Crippen LogP contribution in [0.4, 0.5) is 0 Å². The number of pyridine rings is 2. The van der Waals surface area contributed by atoms with Crippen molar-refractivity contribution >= 4 is 38.4 Å². The highest BCUT2D eigenvalue weighted by atomic mass is 79.9. The summed E-state index contributed by atoms with van der Waals surface area (Å²) in [6.07, 6.45) is 10.6. The van der Waals surface area contributed by atoms with Gasteiger partial charge in [-0.1, -0.05) is 28.1 Å². The van der Waals surface area contributed by atoms with Crippen molar-refractivity contribution in [1.29, 1.82) is 0 Å². The SMILES string of the molecule is CC(C)(O)C/C=C\C(=C/[NH2+]O)c1cc(Br)cc(-n2cc(C(=O)NC3CC3)c(=O)c3cccnc32)c1. The van der Waals surface area contributed by atoms with Crippen molar-refractivity contribution in [2.45, 2.75) is 44.8 Å². The van der Waals surface area contributed by atoms with E-state index < -0.39 is 11.5 Å². The van der Waals surface area contributed by atoms with Gasteiger partial charge < -0.3 is 15.0 Å². The van der Waals surface area contributed by atoms with Gasteiger partial charge in [0.2, 0.25) is 5.43 Å². The highest BCUT2D eigenvalue weighted by Crippen LogP contribution is 2.27. The summed E-state index contributed by atoms with van der Waals surface area (Å²) in [5.74, 6) is -0.391. The van der Waals surface area contributed by atoms with E-state index in [9.17, 15) is 19.9 Å². The number of amides is 1. The summed E-state index contributed by atoms with van der Waals surface area (Å²) in [5.41, 5.74) is 2.40. The molecule has 0 saturated heterocycles. The highest BCUT2D eigenvalue weighted by molar-refractivity contribution is 9.10. The predicted molar refractivity (Wildman–Crippen MR) is 137 cm³/mol. The maximum Gasteiger partial charge on any atom is 0.257 e. The van der Waals surface area contributed by atoms with Gasteiger partial charge >= 0.3 is 0 Å². The number of hydroxylamine groups is 1. The number of nitrogens with one attached hydrogen (secondary N) is 1. The van der Waals surface area contributed by atoms with Crippen LogP contribution in [0.5, 0.6) is 0 Å². The fourth-order valence-corrected chi connectivity index (χ4v) is 4.17. The predicted octanol–water partition coefficient (Wildman–Crippen LogP) is 3.05. The molecule has 8 nitrogen and oxygen atoms in total. The minimum atomic E-state index is -0.856. The Morgan fingerprint density at radius 3 is 2.80 bits per heavy atom. The van der Waals surface area contributed by atoms with Crippen LogP contribution in [0.15, 0.2) is 70.3 Å². The number of rotatable bonds is 8. The molecule has 2 aromatic heterocycles. The lowest BCUT2D eigenvalue weighted by Gasteiger charge is -2.15. The number of quaternary nitrogens is 1. The summed E-state index contributed by atoms with van der Waals surface area (Å²) < 4.78 is 2.49. The molecule has 182 valence electrons. The van der Waals surface area contributed by atoms with Gasteiger partial charge in [-0.25, -0.2) is 10.2 Å². The third-order valence-electron chi connectivity index (χ3n) is 5.58. The van der Waals surface area contributed by atoms with Gasteiger partial charge in [-0.15, -0.1) is 0 Å². The Balaban J connectivity index is 1.84. The first-order valence-corrected chi connectivity index (χ1v) is 12.1. The molecule has 0 atom stereocenters. The molecule has 4 rings (SSSR count). The van der Waals surface area contributed by atoms with Crippen LogP contribution in [0.1, 0.15) is 49.0 Å². The molecule has 0 radical (unpaired) electrons. The van der Waals surface area contributed by atoms with Crippen LogP contribution in [0.2, 0.25) is 0 Å². The molecule has 1 aliphatic carbocycles. The van der Waals surface area contributed by atoms with Crippen LogP contribution in [0.25, 0.3) is 22.3 Å². The second-order valence-electron chi connectivity index (χ2n) is 9.25. The third kappa shape index (κ3) is 6.12. The number of hydrogen-bond donors (Lipinski definition) is 4. The lowest BCUT2D eigenvalue weighted by molar-refractivity contribution is -0.837. The van der Waals surface area contributed by atoms with Crippen molar-refractivity contribution < 1.29 is 20.6 Å². The molecular weight excluding hydrogens is 512 g/mol. The number of aromatic nitrogens is 2. The molecule has 1 fully saturated rings. The first kappa shape index (κ1) is 25.0. The van der Waals surface area contributed by atoms with E-state index in [1.165, 1.54) is 6.20 Å². The summed E-state index contributed by atoms with van der Waals surface area (Å²) in [5, 5.41) is 22.7. The largest absolute Gasteiger partial charge is 0.390 e.